The third-order valence-corrected chi connectivity index (χ3v) is 6.87. The molecule has 2 N–H and O–H groups in total. The van der Waals surface area contributed by atoms with E-state index in [-0.39, 0.29) is 36.2 Å². The van der Waals surface area contributed by atoms with Crippen LogP contribution in [0.1, 0.15) is 25.0 Å². The van der Waals surface area contributed by atoms with E-state index in [1.807, 2.05) is 4.72 Å². The zero-order valence-electron chi connectivity index (χ0n) is 18.1. The number of aliphatic hydroxyl groups is 1. The maximum absolute atomic E-state index is 14.9. The van der Waals surface area contributed by atoms with Gasteiger partial charge in [-0.05, 0) is 43.5 Å². The van der Waals surface area contributed by atoms with Gasteiger partial charge in [0.25, 0.3) is 11.8 Å². The Morgan fingerprint density at radius 3 is 2.41 bits per heavy atom. The highest BCUT2D eigenvalue weighted by molar-refractivity contribution is 7.88. The molecule has 2 fully saturated rings. The number of carbonyl (C=O) groups is 1. The standard InChI is InChI=1S/C22H23F4N3O4S/c1-34(32,33)28-19-18(29(12-22(19,25)26)20(30)21(31)6-3-7-21)11-16-4-2-5-17(27-16)13-8-14(23)10-15(24)9-13/h2,4-5,8-10,18-19,28,31H,3,6-7,11-12H2,1H3/t18-,19+/m0/s1. The SMILES string of the molecule is CS(=O)(=O)N[C@@H]1[C@H](Cc2cccc(-c3cc(F)cc(F)c3)n2)N(C(=O)C2(O)CCC2)CC1(F)F. The number of pyridine rings is 1. The van der Waals surface area contributed by atoms with Crippen LogP contribution in [0.25, 0.3) is 11.3 Å². The first-order valence-electron chi connectivity index (χ1n) is 10.6. The van der Waals surface area contributed by atoms with E-state index in [9.17, 15) is 35.9 Å². The monoisotopic (exact) mass is 501 g/mol. The molecule has 2 aliphatic rings. The maximum atomic E-state index is 14.9. The third kappa shape index (κ3) is 4.93. The van der Waals surface area contributed by atoms with Crippen LogP contribution in [0.15, 0.2) is 36.4 Å². The number of sulfonamides is 1. The number of amides is 1. The number of carbonyl (C=O) groups excluding carboxylic acids is 1. The van der Waals surface area contributed by atoms with Gasteiger partial charge >= 0.3 is 0 Å². The maximum Gasteiger partial charge on any atom is 0.283 e. The Morgan fingerprint density at radius 2 is 1.85 bits per heavy atom. The summed E-state index contributed by atoms with van der Waals surface area (Å²) in [6.07, 6.45) is 1.28. The van der Waals surface area contributed by atoms with Gasteiger partial charge in [0, 0.05) is 23.7 Å². The number of hydrogen-bond donors (Lipinski definition) is 2. The van der Waals surface area contributed by atoms with Crippen LogP contribution in [0, 0.1) is 11.6 Å². The second kappa shape index (κ2) is 8.58. The van der Waals surface area contributed by atoms with Crippen LogP contribution in [0.3, 0.4) is 0 Å². The first-order chi connectivity index (χ1) is 15.8. The summed E-state index contributed by atoms with van der Waals surface area (Å²) >= 11 is 0. The molecule has 1 saturated heterocycles. The Kier molecular flexibility index (Phi) is 6.19. The van der Waals surface area contributed by atoms with Crippen LogP contribution in [-0.2, 0) is 21.2 Å². The fraction of sp³-hybridized carbons (Fsp3) is 0.455. The lowest BCUT2D eigenvalue weighted by Gasteiger charge is -2.40. The van der Waals surface area contributed by atoms with Gasteiger partial charge in [0.15, 0.2) is 0 Å². The molecule has 12 heteroatoms. The lowest BCUT2D eigenvalue weighted by atomic mass is 9.79. The first-order valence-corrected chi connectivity index (χ1v) is 12.5. The molecule has 34 heavy (non-hydrogen) atoms. The first kappa shape index (κ1) is 24.6. The van der Waals surface area contributed by atoms with E-state index in [1.165, 1.54) is 18.2 Å². The number of halogens is 4. The van der Waals surface area contributed by atoms with Crippen LogP contribution in [0.4, 0.5) is 17.6 Å². The normalized spacial score (nSPS) is 23.5. The van der Waals surface area contributed by atoms with E-state index in [0.717, 1.165) is 23.3 Å². The van der Waals surface area contributed by atoms with E-state index < -0.39 is 57.7 Å². The second-order valence-electron chi connectivity index (χ2n) is 8.89. The number of aromatic nitrogens is 1. The molecule has 0 unspecified atom stereocenters. The minimum absolute atomic E-state index is 0.124. The summed E-state index contributed by atoms with van der Waals surface area (Å²) in [5.41, 5.74) is -1.27. The van der Waals surface area contributed by atoms with Crippen molar-refractivity contribution in [3.63, 3.8) is 0 Å². The molecule has 1 aliphatic carbocycles. The molecule has 1 aromatic heterocycles. The summed E-state index contributed by atoms with van der Waals surface area (Å²) in [5, 5.41) is 10.5. The Morgan fingerprint density at radius 1 is 1.21 bits per heavy atom. The summed E-state index contributed by atoms with van der Waals surface area (Å²) < 4.78 is 82.8. The molecular formula is C22H23F4N3O4S. The number of likely N-dealkylation sites (tertiary alicyclic amines) is 1. The van der Waals surface area contributed by atoms with Gasteiger partial charge in [0.1, 0.15) is 23.3 Å². The van der Waals surface area contributed by atoms with Gasteiger partial charge in [0.05, 0.1) is 24.5 Å². The number of nitrogens with one attached hydrogen (secondary N) is 1. The smallest absolute Gasteiger partial charge is 0.283 e. The van der Waals surface area contributed by atoms with Crippen molar-refractivity contribution in [3.8, 4) is 11.3 Å². The van der Waals surface area contributed by atoms with Crippen molar-refractivity contribution < 1.29 is 35.9 Å². The van der Waals surface area contributed by atoms with Gasteiger partial charge in [-0.25, -0.2) is 30.7 Å². The molecular weight excluding hydrogens is 478 g/mol. The molecule has 4 rings (SSSR count). The van der Waals surface area contributed by atoms with Crippen LogP contribution in [0.5, 0.6) is 0 Å². The third-order valence-electron chi connectivity index (χ3n) is 6.19. The van der Waals surface area contributed by atoms with E-state index in [1.54, 1.807) is 0 Å². The van der Waals surface area contributed by atoms with Crippen LogP contribution in [0.2, 0.25) is 0 Å². The predicted octanol–water partition coefficient (Wildman–Crippen LogP) is 2.25. The predicted molar refractivity (Wildman–Crippen MR) is 114 cm³/mol. The summed E-state index contributed by atoms with van der Waals surface area (Å²) in [7, 11) is -4.07. The molecule has 1 saturated carbocycles. The van der Waals surface area contributed by atoms with Crippen LogP contribution < -0.4 is 4.72 Å². The quantitative estimate of drug-likeness (QED) is 0.592. The van der Waals surface area contributed by atoms with Gasteiger partial charge in [-0.1, -0.05) is 6.07 Å². The number of nitrogens with zero attached hydrogens (tertiary/aromatic N) is 2. The van der Waals surface area contributed by atoms with Gasteiger partial charge in [-0.3, -0.25) is 9.78 Å². The number of alkyl halides is 2. The van der Waals surface area contributed by atoms with Gasteiger partial charge in [-0.15, -0.1) is 0 Å². The van der Waals surface area contributed by atoms with Crippen molar-refractivity contribution in [1.29, 1.82) is 0 Å². The lowest BCUT2D eigenvalue weighted by Crippen LogP contribution is -2.57. The van der Waals surface area contributed by atoms with E-state index in [0.29, 0.717) is 12.5 Å². The van der Waals surface area contributed by atoms with Gasteiger partial charge in [0.2, 0.25) is 10.0 Å². The lowest BCUT2D eigenvalue weighted by molar-refractivity contribution is -0.162. The number of benzene rings is 1. The summed E-state index contributed by atoms with van der Waals surface area (Å²) in [4.78, 5) is 18.1. The van der Waals surface area contributed by atoms with Crippen molar-refractivity contribution in [1.82, 2.24) is 14.6 Å². The van der Waals surface area contributed by atoms with Crippen LogP contribution in [-0.4, -0.2) is 65.7 Å². The van der Waals surface area contributed by atoms with Crippen molar-refractivity contribution in [2.45, 2.75) is 49.3 Å². The molecule has 2 heterocycles. The Hall–Kier alpha value is -2.57. The fourth-order valence-electron chi connectivity index (χ4n) is 4.41. The Labute approximate surface area is 193 Å². The minimum Gasteiger partial charge on any atom is -0.380 e. The van der Waals surface area contributed by atoms with E-state index in [2.05, 4.69) is 4.98 Å². The summed E-state index contributed by atoms with van der Waals surface area (Å²) in [6.45, 7) is -1.07. The summed E-state index contributed by atoms with van der Waals surface area (Å²) in [5.74, 6) is -6.13. The second-order valence-corrected chi connectivity index (χ2v) is 10.7. The highest BCUT2D eigenvalue weighted by Crippen LogP contribution is 2.40. The van der Waals surface area contributed by atoms with E-state index >= 15 is 0 Å². The minimum atomic E-state index is -4.07. The summed E-state index contributed by atoms with van der Waals surface area (Å²) in [6, 6.07) is 3.99. The fourth-order valence-corrected chi connectivity index (χ4v) is 5.20. The molecule has 0 radical (unpaired) electrons. The highest BCUT2D eigenvalue weighted by Gasteiger charge is 2.59. The van der Waals surface area contributed by atoms with Crippen LogP contribution >= 0.6 is 0 Å². The molecule has 0 bridgehead atoms. The number of rotatable bonds is 6. The van der Waals surface area contributed by atoms with Gasteiger partial charge < -0.3 is 10.0 Å². The van der Waals surface area contributed by atoms with Gasteiger partial charge in [-0.2, -0.15) is 0 Å². The molecule has 1 aliphatic heterocycles. The Bertz CT molecular complexity index is 1200. The topological polar surface area (TPSA) is 99.6 Å². The van der Waals surface area contributed by atoms with Crippen molar-refractivity contribution in [3.05, 3.63) is 53.7 Å². The molecule has 1 aromatic carbocycles. The van der Waals surface area contributed by atoms with Crippen molar-refractivity contribution in [2.75, 3.05) is 12.8 Å². The Balaban J connectivity index is 1.70. The molecule has 2 aromatic rings. The van der Waals surface area contributed by atoms with Crippen molar-refractivity contribution >= 4 is 15.9 Å². The average molecular weight is 502 g/mol. The zero-order valence-corrected chi connectivity index (χ0v) is 19.0. The van der Waals surface area contributed by atoms with E-state index in [4.69, 9.17) is 0 Å². The molecule has 7 nitrogen and oxygen atoms in total. The molecule has 184 valence electrons. The molecule has 1 amide bonds. The number of hydrogen-bond acceptors (Lipinski definition) is 5. The van der Waals surface area contributed by atoms with Crippen molar-refractivity contribution in [2.24, 2.45) is 0 Å². The zero-order chi connectivity index (χ0) is 24.9. The highest BCUT2D eigenvalue weighted by atomic mass is 32.2. The molecule has 2 atom stereocenters. The molecule has 0 spiro atoms. The largest absolute Gasteiger partial charge is 0.380 e. The average Bonchev–Trinajstić information content (AvgIpc) is 2.94.